The van der Waals surface area contributed by atoms with E-state index in [2.05, 4.69) is 10.6 Å². The van der Waals surface area contributed by atoms with Gasteiger partial charge in [0.15, 0.2) is 0 Å². The number of methoxy groups -OCH3 is 1. The molecular formula is C26H30N2O5. The third-order valence-corrected chi connectivity index (χ3v) is 5.14. The van der Waals surface area contributed by atoms with Gasteiger partial charge in [-0.05, 0) is 53.4 Å². The van der Waals surface area contributed by atoms with Crippen molar-refractivity contribution < 1.29 is 23.5 Å². The summed E-state index contributed by atoms with van der Waals surface area (Å²) in [5, 5.41) is 5.77. The normalized spacial score (nSPS) is 11.8. The predicted octanol–water partition coefficient (Wildman–Crippen LogP) is 4.08. The van der Waals surface area contributed by atoms with Crippen molar-refractivity contribution in [2.24, 2.45) is 5.92 Å². The highest BCUT2D eigenvalue weighted by molar-refractivity contribution is 5.97. The van der Waals surface area contributed by atoms with Crippen LogP contribution in [0.1, 0.15) is 41.1 Å². The number of hydrogen-bond acceptors (Lipinski definition) is 5. The quantitative estimate of drug-likeness (QED) is 0.460. The molecule has 0 bridgehead atoms. The van der Waals surface area contributed by atoms with Gasteiger partial charge in [-0.25, -0.2) is 0 Å². The molecule has 2 amide bonds. The monoisotopic (exact) mass is 450 g/mol. The lowest BCUT2D eigenvalue weighted by Crippen LogP contribution is -2.49. The highest BCUT2D eigenvalue weighted by atomic mass is 16.5. The van der Waals surface area contributed by atoms with Gasteiger partial charge in [0.1, 0.15) is 24.2 Å². The minimum absolute atomic E-state index is 0.0754. The Morgan fingerprint density at radius 2 is 1.73 bits per heavy atom. The van der Waals surface area contributed by atoms with Crippen molar-refractivity contribution >= 4 is 11.8 Å². The second-order valence-electron chi connectivity index (χ2n) is 8.03. The summed E-state index contributed by atoms with van der Waals surface area (Å²) in [6.45, 7) is 4.99. The van der Waals surface area contributed by atoms with Gasteiger partial charge < -0.3 is 24.5 Å². The first-order chi connectivity index (χ1) is 16.0. The van der Waals surface area contributed by atoms with Gasteiger partial charge in [0.05, 0.1) is 20.0 Å². The zero-order valence-corrected chi connectivity index (χ0v) is 19.2. The first-order valence-electron chi connectivity index (χ1n) is 10.9. The van der Waals surface area contributed by atoms with Crippen LogP contribution in [-0.2, 0) is 29.3 Å². The molecule has 2 N–H and O–H groups in total. The minimum atomic E-state index is -0.653. The number of hydrogen-bond donors (Lipinski definition) is 2. The van der Waals surface area contributed by atoms with Gasteiger partial charge in [-0.2, -0.15) is 0 Å². The fourth-order valence-electron chi connectivity index (χ4n) is 3.29. The summed E-state index contributed by atoms with van der Waals surface area (Å²) in [6.07, 6.45) is 1.62. The first kappa shape index (κ1) is 24.1. The van der Waals surface area contributed by atoms with E-state index in [0.717, 1.165) is 16.9 Å². The van der Waals surface area contributed by atoms with Crippen molar-refractivity contribution in [3.63, 3.8) is 0 Å². The third-order valence-electron chi connectivity index (χ3n) is 5.14. The lowest BCUT2D eigenvalue weighted by atomic mass is 10.0. The van der Waals surface area contributed by atoms with E-state index in [-0.39, 0.29) is 17.7 Å². The molecule has 0 radical (unpaired) electrons. The molecule has 0 aliphatic heterocycles. The topological polar surface area (TPSA) is 89.8 Å². The molecule has 2 aromatic carbocycles. The number of carbonyl (C=O) groups is 2. The second kappa shape index (κ2) is 11.9. The van der Waals surface area contributed by atoms with E-state index in [4.69, 9.17) is 13.9 Å². The van der Waals surface area contributed by atoms with Crippen molar-refractivity contribution in [1.29, 1.82) is 0 Å². The van der Waals surface area contributed by atoms with E-state index in [1.54, 1.807) is 37.6 Å². The molecule has 0 saturated carbocycles. The summed E-state index contributed by atoms with van der Waals surface area (Å²) >= 11 is 0. The number of furan rings is 1. The Kier molecular flexibility index (Phi) is 8.66. The molecular weight excluding hydrogens is 420 g/mol. The van der Waals surface area contributed by atoms with Crippen molar-refractivity contribution in [2.75, 3.05) is 7.11 Å². The van der Waals surface area contributed by atoms with Crippen LogP contribution in [-0.4, -0.2) is 25.0 Å². The molecule has 0 aliphatic rings. The van der Waals surface area contributed by atoms with Gasteiger partial charge >= 0.3 is 0 Å². The number of rotatable bonds is 11. The molecule has 0 saturated heterocycles. The zero-order valence-electron chi connectivity index (χ0n) is 19.2. The molecule has 0 aliphatic carbocycles. The van der Waals surface area contributed by atoms with Crippen LogP contribution in [0.4, 0.5) is 0 Å². The standard InChI is InChI=1S/C26H30N2O5/c1-18(2)24(28-25(29)21-9-11-22(31-3)12-10-21)26(30)27-15-19-6-4-7-20(14-19)16-32-17-23-8-5-13-33-23/h4-14,18,24H,15-17H2,1-3H3,(H,27,30)(H,28,29). The summed E-state index contributed by atoms with van der Waals surface area (Å²) in [5.41, 5.74) is 2.42. The SMILES string of the molecule is COc1ccc(C(=O)NC(C(=O)NCc2cccc(COCc3ccco3)c2)C(C)C)cc1. The van der Waals surface area contributed by atoms with E-state index in [1.807, 2.05) is 50.2 Å². The fraction of sp³-hybridized carbons (Fsp3) is 0.308. The minimum Gasteiger partial charge on any atom is -0.497 e. The van der Waals surface area contributed by atoms with E-state index in [9.17, 15) is 9.59 Å². The van der Waals surface area contributed by atoms with Crippen molar-refractivity contribution in [1.82, 2.24) is 10.6 Å². The summed E-state index contributed by atoms with van der Waals surface area (Å²) in [4.78, 5) is 25.4. The van der Waals surface area contributed by atoms with Crippen LogP contribution in [0.5, 0.6) is 5.75 Å². The van der Waals surface area contributed by atoms with Crippen LogP contribution in [0.2, 0.25) is 0 Å². The Morgan fingerprint density at radius 3 is 2.39 bits per heavy atom. The molecule has 1 heterocycles. The highest BCUT2D eigenvalue weighted by Crippen LogP contribution is 2.13. The molecule has 1 unspecified atom stereocenters. The Morgan fingerprint density at radius 1 is 0.970 bits per heavy atom. The molecule has 7 heteroatoms. The molecule has 0 spiro atoms. The van der Waals surface area contributed by atoms with Crippen molar-refractivity contribution in [2.45, 2.75) is 39.6 Å². The van der Waals surface area contributed by atoms with Crippen molar-refractivity contribution in [3.05, 3.63) is 89.4 Å². The lowest BCUT2D eigenvalue weighted by Gasteiger charge is -2.22. The van der Waals surface area contributed by atoms with Gasteiger partial charge in [-0.15, -0.1) is 0 Å². The summed E-state index contributed by atoms with van der Waals surface area (Å²) in [6, 6.07) is 17.6. The third kappa shape index (κ3) is 7.22. The van der Waals surface area contributed by atoms with Crippen molar-refractivity contribution in [3.8, 4) is 5.75 Å². The Balaban J connectivity index is 1.53. The lowest BCUT2D eigenvalue weighted by molar-refractivity contribution is -0.124. The van der Waals surface area contributed by atoms with E-state index in [0.29, 0.717) is 31.1 Å². The van der Waals surface area contributed by atoms with Crippen LogP contribution in [0.25, 0.3) is 0 Å². The number of benzene rings is 2. The van der Waals surface area contributed by atoms with E-state index < -0.39 is 6.04 Å². The molecule has 3 aromatic rings. The average molecular weight is 451 g/mol. The predicted molar refractivity (Wildman–Crippen MR) is 125 cm³/mol. The molecule has 1 aromatic heterocycles. The van der Waals surface area contributed by atoms with Gasteiger partial charge in [-0.1, -0.05) is 38.1 Å². The highest BCUT2D eigenvalue weighted by Gasteiger charge is 2.24. The van der Waals surface area contributed by atoms with E-state index in [1.165, 1.54) is 0 Å². The zero-order chi connectivity index (χ0) is 23.6. The maximum Gasteiger partial charge on any atom is 0.251 e. The summed E-state index contributed by atoms with van der Waals surface area (Å²) in [5.74, 6) is 0.829. The van der Waals surface area contributed by atoms with Gasteiger partial charge in [0, 0.05) is 12.1 Å². The van der Waals surface area contributed by atoms with Crippen LogP contribution in [0.15, 0.2) is 71.3 Å². The first-order valence-corrected chi connectivity index (χ1v) is 10.9. The molecule has 33 heavy (non-hydrogen) atoms. The van der Waals surface area contributed by atoms with Gasteiger partial charge in [-0.3, -0.25) is 9.59 Å². The molecule has 3 rings (SSSR count). The second-order valence-corrected chi connectivity index (χ2v) is 8.03. The molecule has 7 nitrogen and oxygen atoms in total. The number of amides is 2. The molecule has 174 valence electrons. The largest absolute Gasteiger partial charge is 0.497 e. The Hall–Kier alpha value is -3.58. The number of nitrogens with one attached hydrogen (secondary N) is 2. The molecule has 1 atom stereocenters. The smallest absolute Gasteiger partial charge is 0.251 e. The number of carbonyl (C=O) groups excluding carboxylic acids is 2. The number of ether oxygens (including phenoxy) is 2. The Bertz CT molecular complexity index is 1030. The molecule has 0 fully saturated rings. The fourth-order valence-corrected chi connectivity index (χ4v) is 3.29. The van der Waals surface area contributed by atoms with E-state index >= 15 is 0 Å². The average Bonchev–Trinajstić information content (AvgIpc) is 3.34. The van der Waals surface area contributed by atoms with Crippen LogP contribution in [0, 0.1) is 5.92 Å². The Labute approximate surface area is 194 Å². The maximum atomic E-state index is 12.8. The van der Waals surface area contributed by atoms with Gasteiger partial charge in [0.25, 0.3) is 5.91 Å². The van der Waals surface area contributed by atoms with Gasteiger partial charge in [0.2, 0.25) is 5.91 Å². The van der Waals surface area contributed by atoms with Crippen LogP contribution >= 0.6 is 0 Å². The summed E-state index contributed by atoms with van der Waals surface area (Å²) < 4.78 is 16.1. The maximum absolute atomic E-state index is 12.8. The summed E-state index contributed by atoms with van der Waals surface area (Å²) in [7, 11) is 1.57. The van der Waals surface area contributed by atoms with Crippen LogP contribution < -0.4 is 15.4 Å². The van der Waals surface area contributed by atoms with Crippen LogP contribution in [0.3, 0.4) is 0 Å².